The highest BCUT2D eigenvalue weighted by molar-refractivity contribution is 6.08. The molecule has 104 valence electrons. The van der Waals surface area contributed by atoms with Crippen LogP contribution in [0.15, 0.2) is 42.5 Å². The zero-order valence-corrected chi connectivity index (χ0v) is 11.0. The van der Waals surface area contributed by atoms with E-state index >= 15 is 0 Å². The summed E-state index contributed by atoms with van der Waals surface area (Å²) in [5.74, 6) is -0.874. The number of aliphatic hydroxyl groups excluding tert-OH is 1. The molecule has 0 heterocycles. The summed E-state index contributed by atoms with van der Waals surface area (Å²) in [6, 6.07) is 11.1. The van der Waals surface area contributed by atoms with Gasteiger partial charge in [-0.25, -0.2) is 4.39 Å². The smallest absolute Gasteiger partial charge is 0.257 e. The zero-order valence-electron chi connectivity index (χ0n) is 11.0. The third-order valence-electron chi connectivity index (χ3n) is 2.90. The predicted molar refractivity (Wildman–Crippen MR) is 76.3 cm³/mol. The molecule has 3 N–H and O–H groups in total. The molecule has 0 saturated heterocycles. The number of aliphatic hydroxyl groups is 1. The Morgan fingerprint density at radius 1 is 1.20 bits per heavy atom. The molecule has 0 saturated carbocycles. The van der Waals surface area contributed by atoms with Crippen molar-refractivity contribution in [1.82, 2.24) is 0 Å². The minimum atomic E-state index is -0.476. The molecular weight excluding hydrogens is 259 g/mol. The van der Waals surface area contributed by atoms with E-state index in [0.29, 0.717) is 5.69 Å². The number of nitrogens with one attached hydrogen (secondary N) is 2. The predicted octanol–water partition coefficient (Wildman–Crippen LogP) is 2.61. The standard InChI is InChI=1S/C15H15FN2O2/c1-17-14-12(3-2-4-13(14)16)15(20)18-11-7-5-10(9-19)6-8-11/h2-8,17,19H,9H2,1H3,(H,18,20). The highest BCUT2D eigenvalue weighted by Gasteiger charge is 2.14. The molecule has 2 rings (SSSR count). The fourth-order valence-electron chi connectivity index (χ4n) is 1.86. The van der Waals surface area contributed by atoms with Gasteiger partial charge in [-0.05, 0) is 29.8 Å². The van der Waals surface area contributed by atoms with Gasteiger partial charge in [-0.2, -0.15) is 0 Å². The Kier molecular flexibility index (Phi) is 4.32. The Bertz CT molecular complexity index is 612. The number of anilines is 2. The Morgan fingerprint density at radius 2 is 1.90 bits per heavy atom. The lowest BCUT2D eigenvalue weighted by Gasteiger charge is -2.10. The van der Waals surface area contributed by atoms with E-state index in [9.17, 15) is 9.18 Å². The van der Waals surface area contributed by atoms with Gasteiger partial charge in [0.15, 0.2) is 0 Å². The van der Waals surface area contributed by atoms with Gasteiger partial charge in [-0.3, -0.25) is 4.79 Å². The van der Waals surface area contributed by atoms with Crippen molar-refractivity contribution in [2.45, 2.75) is 6.61 Å². The lowest BCUT2D eigenvalue weighted by molar-refractivity contribution is 0.102. The number of carbonyl (C=O) groups excluding carboxylic acids is 1. The van der Waals surface area contributed by atoms with Gasteiger partial charge >= 0.3 is 0 Å². The molecule has 0 bridgehead atoms. The summed E-state index contributed by atoms with van der Waals surface area (Å²) in [4.78, 5) is 12.1. The number of benzene rings is 2. The van der Waals surface area contributed by atoms with Gasteiger partial charge in [0.2, 0.25) is 0 Å². The monoisotopic (exact) mass is 274 g/mol. The lowest BCUT2D eigenvalue weighted by atomic mass is 10.1. The summed E-state index contributed by atoms with van der Waals surface area (Å²) in [5, 5.41) is 14.3. The molecule has 0 fully saturated rings. The van der Waals surface area contributed by atoms with Crippen LogP contribution in [0.5, 0.6) is 0 Å². The van der Waals surface area contributed by atoms with Gasteiger partial charge in [0.1, 0.15) is 5.82 Å². The van der Waals surface area contributed by atoms with Crippen LogP contribution in [0.25, 0.3) is 0 Å². The molecule has 0 aromatic heterocycles. The Morgan fingerprint density at radius 3 is 2.50 bits per heavy atom. The van der Waals surface area contributed by atoms with Crippen LogP contribution in [0, 0.1) is 5.82 Å². The van der Waals surface area contributed by atoms with E-state index in [4.69, 9.17) is 5.11 Å². The maximum atomic E-state index is 13.6. The van der Waals surface area contributed by atoms with Crippen LogP contribution in [0.4, 0.5) is 15.8 Å². The van der Waals surface area contributed by atoms with Crippen molar-refractivity contribution < 1.29 is 14.3 Å². The van der Waals surface area contributed by atoms with Crippen molar-refractivity contribution in [1.29, 1.82) is 0 Å². The molecule has 1 amide bonds. The topological polar surface area (TPSA) is 61.4 Å². The van der Waals surface area contributed by atoms with Crippen LogP contribution in [0.1, 0.15) is 15.9 Å². The van der Waals surface area contributed by atoms with Crippen LogP contribution in [-0.2, 0) is 6.61 Å². The SMILES string of the molecule is CNc1c(F)cccc1C(=O)Nc1ccc(CO)cc1. The summed E-state index contributed by atoms with van der Waals surface area (Å²) >= 11 is 0. The van der Waals surface area contributed by atoms with Gasteiger partial charge in [-0.1, -0.05) is 18.2 Å². The van der Waals surface area contributed by atoms with Crippen LogP contribution in [-0.4, -0.2) is 18.1 Å². The molecule has 0 unspecified atom stereocenters. The minimum absolute atomic E-state index is 0.0535. The molecule has 20 heavy (non-hydrogen) atoms. The Balaban J connectivity index is 2.21. The van der Waals surface area contributed by atoms with Crippen molar-refractivity contribution in [2.75, 3.05) is 17.7 Å². The first-order valence-corrected chi connectivity index (χ1v) is 6.13. The molecule has 0 aliphatic heterocycles. The van der Waals surface area contributed by atoms with Crippen LogP contribution >= 0.6 is 0 Å². The van der Waals surface area contributed by atoms with E-state index in [1.807, 2.05) is 0 Å². The number of para-hydroxylation sites is 1. The first-order chi connectivity index (χ1) is 9.65. The van der Waals surface area contributed by atoms with E-state index in [-0.39, 0.29) is 17.9 Å². The summed E-state index contributed by atoms with van der Waals surface area (Å²) in [6.45, 7) is -0.0535. The second-order valence-electron chi connectivity index (χ2n) is 4.22. The normalized spacial score (nSPS) is 10.2. The molecule has 0 aliphatic carbocycles. The summed E-state index contributed by atoms with van der Waals surface area (Å²) in [7, 11) is 1.56. The number of hydrogen-bond acceptors (Lipinski definition) is 3. The molecule has 2 aromatic rings. The largest absolute Gasteiger partial charge is 0.392 e. The third-order valence-corrected chi connectivity index (χ3v) is 2.90. The third kappa shape index (κ3) is 2.95. The van der Waals surface area contributed by atoms with E-state index in [0.717, 1.165) is 5.56 Å². The van der Waals surface area contributed by atoms with Gasteiger partial charge in [-0.15, -0.1) is 0 Å². The average molecular weight is 274 g/mol. The second kappa shape index (κ2) is 6.16. The summed E-state index contributed by atoms with van der Waals surface area (Å²) in [5.41, 5.74) is 1.74. The quantitative estimate of drug-likeness (QED) is 0.803. The maximum absolute atomic E-state index is 13.6. The molecule has 0 radical (unpaired) electrons. The number of hydrogen-bond donors (Lipinski definition) is 3. The number of carbonyl (C=O) groups is 1. The first kappa shape index (κ1) is 14.0. The van der Waals surface area contributed by atoms with Crippen molar-refractivity contribution in [3.63, 3.8) is 0 Å². The fraction of sp³-hybridized carbons (Fsp3) is 0.133. The summed E-state index contributed by atoms with van der Waals surface area (Å²) in [6.07, 6.45) is 0. The molecule has 0 spiro atoms. The highest BCUT2D eigenvalue weighted by atomic mass is 19.1. The lowest BCUT2D eigenvalue weighted by Crippen LogP contribution is -2.14. The van der Waals surface area contributed by atoms with E-state index in [1.165, 1.54) is 12.1 Å². The highest BCUT2D eigenvalue weighted by Crippen LogP contribution is 2.20. The maximum Gasteiger partial charge on any atom is 0.257 e. The Hall–Kier alpha value is -2.40. The fourth-order valence-corrected chi connectivity index (χ4v) is 1.86. The average Bonchev–Trinajstić information content (AvgIpc) is 2.47. The zero-order chi connectivity index (χ0) is 14.5. The molecule has 4 nitrogen and oxygen atoms in total. The summed E-state index contributed by atoms with van der Waals surface area (Å²) < 4.78 is 13.6. The molecular formula is C15H15FN2O2. The van der Waals surface area contributed by atoms with Crippen LogP contribution in [0.2, 0.25) is 0 Å². The second-order valence-corrected chi connectivity index (χ2v) is 4.22. The minimum Gasteiger partial charge on any atom is -0.392 e. The van der Waals surface area contributed by atoms with Gasteiger partial charge in [0.05, 0.1) is 17.9 Å². The van der Waals surface area contributed by atoms with Crippen LogP contribution in [0.3, 0.4) is 0 Å². The van der Waals surface area contributed by atoms with Crippen molar-refractivity contribution in [3.05, 3.63) is 59.4 Å². The van der Waals surface area contributed by atoms with Crippen molar-refractivity contribution in [3.8, 4) is 0 Å². The Labute approximate surface area is 116 Å². The number of rotatable bonds is 4. The first-order valence-electron chi connectivity index (χ1n) is 6.13. The van der Waals surface area contributed by atoms with E-state index in [1.54, 1.807) is 37.4 Å². The van der Waals surface area contributed by atoms with Crippen molar-refractivity contribution >= 4 is 17.3 Å². The van der Waals surface area contributed by atoms with Gasteiger partial charge in [0.25, 0.3) is 5.91 Å². The number of halogens is 1. The van der Waals surface area contributed by atoms with E-state index < -0.39 is 11.7 Å². The molecule has 0 aliphatic rings. The van der Waals surface area contributed by atoms with Crippen molar-refractivity contribution in [2.24, 2.45) is 0 Å². The van der Waals surface area contributed by atoms with Gasteiger partial charge < -0.3 is 15.7 Å². The molecule has 2 aromatic carbocycles. The molecule has 0 atom stereocenters. The number of amides is 1. The molecule has 5 heteroatoms. The van der Waals surface area contributed by atoms with Gasteiger partial charge in [0, 0.05) is 12.7 Å². The van der Waals surface area contributed by atoms with E-state index in [2.05, 4.69) is 10.6 Å². The van der Waals surface area contributed by atoms with Crippen LogP contribution < -0.4 is 10.6 Å².